The van der Waals surface area contributed by atoms with Crippen LogP contribution in [0.2, 0.25) is 0 Å². The summed E-state index contributed by atoms with van der Waals surface area (Å²) in [4.78, 5) is 0. The van der Waals surface area contributed by atoms with Gasteiger partial charge in [-0.1, -0.05) is 26.5 Å². The lowest BCUT2D eigenvalue weighted by Gasteiger charge is -2.12. The van der Waals surface area contributed by atoms with E-state index in [-0.39, 0.29) is 0 Å². The maximum atomic E-state index is 5.66. The van der Waals surface area contributed by atoms with E-state index in [9.17, 15) is 0 Å². The van der Waals surface area contributed by atoms with Crippen molar-refractivity contribution in [2.24, 2.45) is 0 Å². The fraction of sp³-hybridized carbons (Fsp3) is 0.429. The van der Waals surface area contributed by atoms with Gasteiger partial charge in [-0.15, -0.1) is 0 Å². The second kappa shape index (κ2) is 6.21. The van der Waals surface area contributed by atoms with Gasteiger partial charge in [0.25, 0.3) is 0 Å². The number of benzene rings is 1. The molecule has 0 unspecified atom stereocenters. The van der Waals surface area contributed by atoms with Gasteiger partial charge in [0.1, 0.15) is 0 Å². The average molecular weight is 220 g/mol. The quantitative estimate of drug-likeness (QED) is 0.676. The second-order valence-corrected chi connectivity index (χ2v) is 3.73. The number of hydrogen-bond donors (Lipinski definition) is 0. The first-order valence-electron chi connectivity index (χ1n) is 5.73. The molecule has 0 aliphatic carbocycles. The highest BCUT2D eigenvalue weighted by molar-refractivity contribution is 5.43. The van der Waals surface area contributed by atoms with Gasteiger partial charge in [-0.2, -0.15) is 0 Å². The zero-order valence-corrected chi connectivity index (χ0v) is 10.4. The summed E-state index contributed by atoms with van der Waals surface area (Å²) in [5.74, 6) is 2.31. The average Bonchev–Trinajstić information content (AvgIpc) is 2.30. The predicted molar refractivity (Wildman–Crippen MR) is 67.0 cm³/mol. The number of hydrogen-bond acceptors (Lipinski definition) is 2. The molecule has 1 aromatic rings. The van der Waals surface area contributed by atoms with E-state index in [1.807, 2.05) is 12.1 Å². The molecule has 0 saturated heterocycles. The maximum Gasteiger partial charge on any atom is 0.168 e. The summed E-state index contributed by atoms with van der Waals surface area (Å²) >= 11 is 0. The highest BCUT2D eigenvalue weighted by Crippen LogP contribution is 2.30. The van der Waals surface area contributed by atoms with E-state index in [1.165, 1.54) is 5.56 Å². The monoisotopic (exact) mass is 220 g/mol. The van der Waals surface area contributed by atoms with Crippen LogP contribution in [-0.4, -0.2) is 7.11 Å². The third-order valence-corrected chi connectivity index (χ3v) is 2.42. The molecular weight excluding hydrogens is 200 g/mol. The Kier molecular flexibility index (Phi) is 4.90. The Bertz CT molecular complexity index is 356. The van der Waals surface area contributed by atoms with Gasteiger partial charge in [-0.25, -0.2) is 0 Å². The number of rotatable bonds is 6. The minimum atomic E-state index is 0.748. The van der Waals surface area contributed by atoms with Crippen molar-refractivity contribution in [2.45, 2.75) is 33.1 Å². The molecule has 0 heterocycles. The van der Waals surface area contributed by atoms with E-state index >= 15 is 0 Å². The van der Waals surface area contributed by atoms with Crippen LogP contribution in [0.25, 0.3) is 0 Å². The van der Waals surface area contributed by atoms with Crippen LogP contribution < -0.4 is 9.47 Å². The topological polar surface area (TPSA) is 18.5 Å². The van der Waals surface area contributed by atoms with Crippen molar-refractivity contribution in [3.8, 4) is 11.5 Å². The lowest BCUT2D eigenvalue weighted by molar-refractivity contribution is 0.352. The Hall–Kier alpha value is -1.44. The van der Waals surface area contributed by atoms with Crippen molar-refractivity contribution in [3.05, 3.63) is 36.1 Å². The molecule has 0 N–H and O–H groups in total. The molecule has 0 aromatic heterocycles. The Morgan fingerprint density at radius 2 is 2.00 bits per heavy atom. The molecule has 0 amide bonds. The van der Waals surface area contributed by atoms with Crippen LogP contribution in [0.4, 0.5) is 0 Å². The molecule has 0 fully saturated rings. The van der Waals surface area contributed by atoms with Crippen molar-refractivity contribution < 1.29 is 9.47 Å². The first-order chi connectivity index (χ1) is 7.71. The molecule has 0 bridgehead atoms. The van der Waals surface area contributed by atoms with Crippen molar-refractivity contribution >= 4 is 0 Å². The van der Waals surface area contributed by atoms with Crippen LogP contribution in [0.15, 0.2) is 30.5 Å². The van der Waals surface area contributed by atoms with Gasteiger partial charge in [0.05, 0.1) is 12.9 Å². The van der Waals surface area contributed by atoms with Crippen LogP contribution in [0.5, 0.6) is 11.5 Å². The van der Waals surface area contributed by atoms with Crippen molar-refractivity contribution in [1.82, 2.24) is 0 Å². The molecule has 1 rings (SSSR count). The number of methoxy groups -OCH3 is 1. The summed E-state index contributed by atoms with van der Waals surface area (Å²) in [5, 5.41) is 0. The molecule has 1 aromatic carbocycles. The van der Waals surface area contributed by atoms with Crippen molar-refractivity contribution in [3.63, 3.8) is 0 Å². The number of aryl methyl sites for hydroxylation is 1. The second-order valence-electron chi connectivity index (χ2n) is 3.73. The molecule has 88 valence electrons. The predicted octanol–water partition coefficient (Wildman–Crippen LogP) is 3.95. The third-order valence-electron chi connectivity index (χ3n) is 2.42. The van der Waals surface area contributed by atoms with Gasteiger partial charge < -0.3 is 9.47 Å². The standard InChI is InChI=1S/C14H20O2/c1-5-7-11(3)16-13-9-8-12(6-2)10-14(13)15-4/h8-10H,3,5-7H2,1-2,4H3. The zero-order chi connectivity index (χ0) is 12.0. The molecule has 0 atom stereocenters. The molecule has 2 nitrogen and oxygen atoms in total. The molecule has 16 heavy (non-hydrogen) atoms. The molecule has 0 aliphatic rings. The van der Waals surface area contributed by atoms with Crippen LogP contribution in [-0.2, 0) is 6.42 Å². The Balaban J connectivity index is 2.83. The molecule has 0 spiro atoms. The summed E-state index contributed by atoms with van der Waals surface area (Å²) in [6.45, 7) is 8.10. The first-order valence-corrected chi connectivity index (χ1v) is 5.73. The Labute approximate surface area is 97.9 Å². The summed E-state index contributed by atoms with van der Waals surface area (Å²) in [5.41, 5.74) is 1.24. The van der Waals surface area contributed by atoms with Crippen LogP contribution in [0, 0.1) is 0 Å². The summed E-state index contributed by atoms with van der Waals surface area (Å²) in [6.07, 6.45) is 2.90. The zero-order valence-electron chi connectivity index (χ0n) is 10.4. The van der Waals surface area contributed by atoms with Crippen LogP contribution >= 0.6 is 0 Å². The van der Waals surface area contributed by atoms with Crippen LogP contribution in [0.1, 0.15) is 32.3 Å². The highest BCUT2D eigenvalue weighted by Gasteiger charge is 2.06. The van der Waals surface area contributed by atoms with Crippen molar-refractivity contribution in [2.75, 3.05) is 7.11 Å². The maximum absolute atomic E-state index is 5.66. The number of allylic oxidation sites excluding steroid dienone is 1. The first kappa shape index (κ1) is 12.6. The van der Waals surface area contributed by atoms with Gasteiger partial charge in [0.2, 0.25) is 0 Å². The Morgan fingerprint density at radius 1 is 1.25 bits per heavy atom. The van der Waals surface area contributed by atoms with E-state index < -0.39 is 0 Å². The fourth-order valence-corrected chi connectivity index (χ4v) is 1.50. The van der Waals surface area contributed by atoms with Gasteiger partial charge in [0.15, 0.2) is 11.5 Å². The molecule has 0 radical (unpaired) electrons. The summed E-state index contributed by atoms with van der Waals surface area (Å²) in [6, 6.07) is 6.00. The Morgan fingerprint density at radius 3 is 2.56 bits per heavy atom. The molecule has 0 aliphatic heterocycles. The molecular formula is C14H20O2. The van der Waals surface area contributed by atoms with E-state index in [1.54, 1.807) is 7.11 Å². The minimum absolute atomic E-state index is 0.748. The van der Waals surface area contributed by atoms with Crippen molar-refractivity contribution in [1.29, 1.82) is 0 Å². The summed E-state index contributed by atoms with van der Waals surface area (Å²) < 4.78 is 11.0. The SMILES string of the molecule is C=C(CCC)Oc1ccc(CC)cc1OC. The van der Waals surface area contributed by atoms with E-state index in [0.29, 0.717) is 0 Å². The smallest absolute Gasteiger partial charge is 0.168 e. The largest absolute Gasteiger partial charge is 0.493 e. The highest BCUT2D eigenvalue weighted by atomic mass is 16.5. The fourth-order valence-electron chi connectivity index (χ4n) is 1.50. The minimum Gasteiger partial charge on any atom is -0.493 e. The van der Waals surface area contributed by atoms with E-state index in [4.69, 9.17) is 9.47 Å². The van der Waals surface area contributed by atoms with Gasteiger partial charge in [-0.05, 0) is 30.5 Å². The third kappa shape index (κ3) is 3.30. The van der Waals surface area contributed by atoms with Gasteiger partial charge in [0, 0.05) is 6.42 Å². The van der Waals surface area contributed by atoms with E-state index in [0.717, 1.165) is 36.5 Å². The lowest BCUT2D eigenvalue weighted by atomic mass is 10.1. The molecule has 2 heteroatoms. The van der Waals surface area contributed by atoms with Crippen LogP contribution in [0.3, 0.4) is 0 Å². The van der Waals surface area contributed by atoms with Gasteiger partial charge in [-0.3, -0.25) is 0 Å². The van der Waals surface area contributed by atoms with Gasteiger partial charge >= 0.3 is 0 Å². The normalized spacial score (nSPS) is 9.94. The summed E-state index contributed by atoms with van der Waals surface area (Å²) in [7, 11) is 1.66. The lowest BCUT2D eigenvalue weighted by Crippen LogP contribution is -1.97. The van der Waals surface area contributed by atoms with E-state index in [2.05, 4.69) is 26.5 Å². The number of ether oxygens (including phenoxy) is 2. The molecule has 0 saturated carbocycles.